The van der Waals surface area contributed by atoms with Gasteiger partial charge >= 0.3 is 0 Å². The molecule has 2 aromatic rings. The zero-order valence-corrected chi connectivity index (χ0v) is 14.7. The van der Waals surface area contributed by atoms with Gasteiger partial charge in [-0.05, 0) is 36.3 Å². The second-order valence-corrected chi connectivity index (χ2v) is 7.95. The number of halogens is 1. The summed E-state index contributed by atoms with van der Waals surface area (Å²) in [5, 5.41) is 5.15. The largest absolute Gasteiger partial charge is 0.381 e. The van der Waals surface area contributed by atoms with Crippen molar-refractivity contribution in [3.63, 3.8) is 0 Å². The number of para-hydroxylation sites is 1. The first-order chi connectivity index (χ1) is 11.5. The van der Waals surface area contributed by atoms with Crippen molar-refractivity contribution in [2.24, 2.45) is 0 Å². The number of anilines is 1. The smallest absolute Gasteiger partial charge is 0.236 e. The molecule has 0 amide bonds. The van der Waals surface area contributed by atoms with E-state index in [-0.39, 0.29) is 6.04 Å². The van der Waals surface area contributed by atoms with Gasteiger partial charge in [0.15, 0.2) is 0 Å². The maximum Gasteiger partial charge on any atom is 0.236 e. The number of nitrogens with one attached hydrogen (secondary N) is 1. The minimum atomic E-state index is -3.45. The summed E-state index contributed by atoms with van der Waals surface area (Å²) < 4.78 is 26.5. The number of hydrogen-bond donors (Lipinski definition) is 1. The average molecular weight is 363 g/mol. The van der Waals surface area contributed by atoms with Gasteiger partial charge in [0.25, 0.3) is 0 Å². The summed E-state index contributed by atoms with van der Waals surface area (Å²) in [5.74, 6) is 0. The Morgan fingerprint density at radius 2 is 1.79 bits per heavy atom. The van der Waals surface area contributed by atoms with Gasteiger partial charge in [-0.1, -0.05) is 48.0 Å². The van der Waals surface area contributed by atoms with Gasteiger partial charge in [-0.15, -0.1) is 0 Å². The highest BCUT2D eigenvalue weighted by molar-refractivity contribution is 7.92. The predicted octanol–water partition coefficient (Wildman–Crippen LogP) is 3.83. The van der Waals surface area contributed by atoms with Gasteiger partial charge in [-0.3, -0.25) is 0 Å². The Labute approximate surface area is 147 Å². The summed E-state index contributed by atoms with van der Waals surface area (Å²) in [6.45, 7) is 0.976. The molecule has 0 bridgehead atoms. The lowest BCUT2D eigenvalue weighted by molar-refractivity contribution is 0.483. The van der Waals surface area contributed by atoms with Gasteiger partial charge in [-0.25, -0.2) is 8.42 Å². The number of rotatable bonds is 5. The molecule has 1 saturated heterocycles. The van der Waals surface area contributed by atoms with Gasteiger partial charge in [0, 0.05) is 35.2 Å². The van der Waals surface area contributed by atoms with E-state index >= 15 is 0 Å². The van der Waals surface area contributed by atoms with Crippen LogP contribution in [0.3, 0.4) is 0 Å². The van der Waals surface area contributed by atoms with Gasteiger partial charge in [0.2, 0.25) is 10.0 Å². The second-order valence-electron chi connectivity index (χ2n) is 5.72. The molecule has 1 N–H and O–H groups in total. The molecule has 0 aromatic heterocycles. The molecule has 1 aliphatic rings. The van der Waals surface area contributed by atoms with Crippen molar-refractivity contribution in [1.29, 1.82) is 0 Å². The molecule has 1 aliphatic heterocycles. The van der Waals surface area contributed by atoms with Crippen molar-refractivity contribution in [2.45, 2.75) is 12.5 Å². The Hall–Kier alpha value is -1.82. The summed E-state index contributed by atoms with van der Waals surface area (Å²) in [5.41, 5.74) is 1.70. The summed E-state index contributed by atoms with van der Waals surface area (Å²) in [4.78, 5) is 0. The Balaban J connectivity index is 1.65. The van der Waals surface area contributed by atoms with E-state index < -0.39 is 10.0 Å². The van der Waals surface area contributed by atoms with E-state index in [1.165, 1.54) is 9.71 Å². The van der Waals surface area contributed by atoms with Gasteiger partial charge in [0.05, 0.1) is 0 Å². The minimum Gasteiger partial charge on any atom is -0.381 e. The van der Waals surface area contributed by atoms with E-state index in [4.69, 9.17) is 11.6 Å². The molecule has 0 saturated carbocycles. The van der Waals surface area contributed by atoms with Gasteiger partial charge < -0.3 is 5.32 Å². The lowest BCUT2D eigenvalue weighted by Crippen LogP contribution is -2.30. The van der Waals surface area contributed by atoms with E-state index in [0.717, 1.165) is 12.1 Å². The second kappa shape index (κ2) is 7.38. The van der Waals surface area contributed by atoms with Crippen molar-refractivity contribution >= 4 is 33.4 Å². The lowest BCUT2D eigenvalue weighted by atomic mass is 10.2. The van der Waals surface area contributed by atoms with E-state index in [0.29, 0.717) is 23.7 Å². The molecule has 6 heteroatoms. The maximum absolute atomic E-state index is 12.5. The molecule has 1 heterocycles. The zero-order chi connectivity index (χ0) is 17.0. The Morgan fingerprint density at radius 1 is 1.08 bits per heavy atom. The van der Waals surface area contributed by atoms with Crippen molar-refractivity contribution in [2.75, 3.05) is 18.4 Å². The lowest BCUT2D eigenvalue weighted by Gasteiger charge is -2.16. The monoisotopic (exact) mass is 362 g/mol. The van der Waals surface area contributed by atoms with Crippen LogP contribution in [0.15, 0.2) is 60.0 Å². The summed E-state index contributed by atoms with van der Waals surface area (Å²) in [6.07, 6.45) is 2.34. The van der Waals surface area contributed by atoms with E-state index in [1.54, 1.807) is 18.2 Å². The van der Waals surface area contributed by atoms with Gasteiger partial charge in [-0.2, -0.15) is 4.31 Å². The highest BCUT2D eigenvalue weighted by atomic mass is 35.5. The number of hydrogen-bond acceptors (Lipinski definition) is 3. The third-order valence-corrected chi connectivity index (χ3v) is 5.86. The van der Waals surface area contributed by atoms with Crippen LogP contribution in [0.4, 0.5) is 5.69 Å². The topological polar surface area (TPSA) is 49.4 Å². The highest BCUT2D eigenvalue weighted by Gasteiger charge is 2.29. The fourth-order valence-corrected chi connectivity index (χ4v) is 4.14. The van der Waals surface area contributed by atoms with Crippen LogP contribution in [0.5, 0.6) is 0 Å². The van der Waals surface area contributed by atoms with Crippen LogP contribution >= 0.6 is 11.6 Å². The SMILES string of the molecule is O=S(=O)(/C=C/c1ccccc1Cl)N1CCC(Nc2ccccc2)C1. The number of sulfonamides is 1. The standard InChI is InChI=1S/C18H19ClN2O2S/c19-18-9-5-4-6-15(18)11-13-24(22,23)21-12-10-17(14-21)20-16-7-2-1-3-8-16/h1-9,11,13,17,20H,10,12,14H2/b13-11+. The van der Waals surface area contributed by atoms with Crippen LogP contribution in [0.2, 0.25) is 5.02 Å². The molecular formula is C18H19ClN2O2S. The molecule has 1 atom stereocenters. The van der Waals surface area contributed by atoms with E-state index in [1.807, 2.05) is 42.5 Å². The van der Waals surface area contributed by atoms with E-state index in [9.17, 15) is 8.42 Å². The molecule has 1 unspecified atom stereocenters. The molecule has 2 aromatic carbocycles. The fourth-order valence-electron chi connectivity index (χ4n) is 2.70. The zero-order valence-electron chi connectivity index (χ0n) is 13.1. The summed E-state index contributed by atoms with van der Waals surface area (Å²) in [7, 11) is -3.45. The molecule has 3 rings (SSSR count). The Kier molecular flexibility index (Phi) is 5.23. The van der Waals surface area contributed by atoms with Crippen molar-refractivity contribution < 1.29 is 8.42 Å². The molecule has 126 valence electrons. The minimum absolute atomic E-state index is 0.121. The van der Waals surface area contributed by atoms with Crippen molar-refractivity contribution in [3.05, 3.63) is 70.6 Å². The van der Waals surface area contributed by atoms with Crippen LogP contribution in [-0.4, -0.2) is 31.9 Å². The fraction of sp³-hybridized carbons (Fsp3) is 0.222. The Bertz CT molecular complexity index is 822. The van der Waals surface area contributed by atoms with Crippen LogP contribution in [0.1, 0.15) is 12.0 Å². The third-order valence-electron chi connectivity index (χ3n) is 3.98. The molecule has 1 fully saturated rings. The summed E-state index contributed by atoms with van der Waals surface area (Å²) >= 11 is 6.06. The van der Waals surface area contributed by atoms with Crippen LogP contribution < -0.4 is 5.32 Å². The van der Waals surface area contributed by atoms with Crippen molar-refractivity contribution in [3.8, 4) is 0 Å². The molecule has 0 aliphatic carbocycles. The Morgan fingerprint density at radius 3 is 2.54 bits per heavy atom. The average Bonchev–Trinajstić information content (AvgIpc) is 3.04. The number of benzene rings is 2. The predicted molar refractivity (Wildman–Crippen MR) is 99.4 cm³/mol. The molecule has 0 radical (unpaired) electrons. The third kappa shape index (κ3) is 4.17. The normalized spacial score (nSPS) is 19.0. The molecule has 24 heavy (non-hydrogen) atoms. The maximum atomic E-state index is 12.5. The van der Waals surface area contributed by atoms with Crippen LogP contribution in [-0.2, 0) is 10.0 Å². The summed E-state index contributed by atoms with van der Waals surface area (Å²) in [6, 6.07) is 17.1. The van der Waals surface area contributed by atoms with Crippen LogP contribution in [0.25, 0.3) is 6.08 Å². The first-order valence-corrected chi connectivity index (χ1v) is 9.67. The highest BCUT2D eigenvalue weighted by Crippen LogP contribution is 2.21. The number of nitrogens with zero attached hydrogens (tertiary/aromatic N) is 1. The molecular weight excluding hydrogens is 344 g/mol. The molecule has 4 nitrogen and oxygen atoms in total. The first kappa shape index (κ1) is 17.0. The first-order valence-electron chi connectivity index (χ1n) is 7.79. The van der Waals surface area contributed by atoms with Gasteiger partial charge in [0.1, 0.15) is 0 Å². The van der Waals surface area contributed by atoms with Crippen LogP contribution in [0, 0.1) is 0 Å². The van der Waals surface area contributed by atoms with Crippen molar-refractivity contribution in [1.82, 2.24) is 4.31 Å². The molecule has 0 spiro atoms. The quantitative estimate of drug-likeness (QED) is 0.879. The van der Waals surface area contributed by atoms with E-state index in [2.05, 4.69) is 5.32 Å².